The van der Waals surface area contributed by atoms with Crippen molar-refractivity contribution in [1.82, 2.24) is 9.62 Å². The van der Waals surface area contributed by atoms with E-state index in [-0.39, 0.29) is 17.2 Å². The zero-order valence-corrected chi connectivity index (χ0v) is 14.9. The van der Waals surface area contributed by atoms with Crippen LogP contribution in [0.25, 0.3) is 0 Å². The van der Waals surface area contributed by atoms with E-state index in [1.807, 2.05) is 0 Å². The average molecular weight is 342 g/mol. The number of Topliss-reactive ketones (excluding diaryl/α,β-unsaturated/α-hetero) is 1. The SMILES string of the molecule is CCN(CC)CCOCCNS(=O)(=O)c1ccc(C(C)=O)cc1. The normalized spacial score (nSPS) is 11.8. The van der Waals surface area contributed by atoms with Gasteiger partial charge in [0.1, 0.15) is 0 Å². The molecule has 6 nitrogen and oxygen atoms in total. The molecule has 0 bridgehead atoms. The van der Waals surface area contributed by atoms with Gasteiger partial charge >= 0.3 is 0 Å². The number of nitrogens with one attached hydrogen (secondary N) is 1. The van der Waals surface area contributed by atoms with Crippen LogP contribution in [0.3, 0.4) is 0 Å². The van der Waals surface area contributed by atoms with Crippen molar-refractivity contribution in [2.45, 2.75) is 25.7 Å². The number of benzene rings is 1. The van der Waals surface area contributed by atoms with Gasteiger partial charge in [0, 0.05) is 18.7 Å². The van der Waals surface area contributed by atoms with Crippen LogP contribution >= 0.6 is 0 Å². The summed E-state index contributed by atoms with van der Waals surface area (Å²) in [5, 5.41) is 0. The highest BCUT2D eigenvalue weighted by Gasteiger charge is 2.13. The van der Waals surface area contributed by atoms with Crippen LogP contribution in [-0.4, -0.2) is 58.5 Å². The number of rotatable bonds is 11. The molecule has 0 radical (unpaired) electrons. The van der Waals surface area contributed by atoms with Crippen LogP contribution in [0.4, 0.5) is 0 Å². The highest BCUT2D eigenvalue weighted by atomic mass is 32.2. The van der Waals surface area contributed by atoms with Gasteiger partial charge in [0.05, 0.1) is 18.1 Å². The molecular weight excluding hydrogens is 316 g/mol. The van der Waals surface area contributed by atoms with E-state index in [1.54, 1.807) is 0 Å². The second-order valence-electron chi connectivity index (χ2n) is 5.12. The molecule has 1 rings (SSSR count). The fraction of sp³-hybridized carbons (Fsp3) is 0.562. The lowest BCUT2D eigenvalue weighted by Crippen LogP contribution is -2.30. The summed E-state index contributed by atoms with van der Waals surface area (Å²) >= 11 is 0. The molecule has 0 aliphatic carbocycles. The van der Waals surface area contributed by atoms with Gasteiger partial charge in [-0.25, -0.2) is 13.1 Å². The molecule has 0 fully saturated rings. The van der Waals surface area contributed by atoms with Crippen molar-refractivity contribution in [3.8, 4) is 0 Å². The maximum Gasteiger partial charge on any atom is 0.240 e. The maximum atomic E-state index is 12.1. The third kappa shape index (κ3) is 6.78. The molecule has 0 unspecified atom stereocenters. The Balaban J connectivity index is 2.37. The summed E-state index contributed by atoms with van der Waals surface area (Å²) in [6.45, 7) is 9.54. The van der Waals surface area contributed by atoms with Crippen LogP contribution < -0.4 is 4.72 Å². The number of ether oxygens (including phenoxy) is 1. The molecule has 0 saturated heterocycles. The van der Waals surface area contributed by atoms with E-state index in [2.05, 4.69) is 23.5 Å². The van der Waals surface area contributed by atoms with Gasteiger partial charge in [-0.15, -0.1) is 0 Å². The lowest BCUT2D eigenvalue weighted by atomic mass is 10.2. The van der Waals surface area contributed by atoms with Gasteiger partial charge in [0.25, 0.3) is 0 Å². The van der Waals surface area contributed by atoms with Crippen LogP contribution in [0.5, 0.6) is 0 Å². The van der Waals surface area contributed by atoms with Crippen molar-refractivity contribution >= 4 is 15.8 Å². The van der Waals surface area contributed by atoms with Gasteiger partial charge in [0.15, 0.2) is 5.78 Å². The lowest BCUT2D eigenvalue weighted by molar-refractivity contribution is 0.101. The third-order valence-corrected chi connectivity index (χ3v) is 5.03. The fourth-order valence-corrected chi connectivity index (χ4v) is 3.05. The van der Waals surface area contributed by atoms with Gasteiger partial charge in [0.2, 0.25) is 10.0 Å². The van der Waals surface area contributed by atoms with Crippen molar-refractivity contribution in [2.75, 3.05) is 39.4 Å². The number of sulfonamides is 1. The second-order valence-corrected chi connectivity index (χ2v) is 6.88. The molecule has 0 aliphatic heterocycles. The van der Waals surface area contributed by atoms with Crippen LogP contribution in [0.1, 0.15) is 31.1 Å². The molecule has 0 aromatic heterocycles. The highest BCUT2D eigenvalue weighted by Crippen LogP contribution is 2.10. The Labute approximate surface area is 138 Å². The van der Waals surface area contributed by atoms with Crippen molar-refractivity contribution in [3.05, 3.63) is 29.8 Å². The summed E-state index contributed by atoms with van der Waals surface area (Å²) in [7, 11) is -3.57. The summed E-state index contributed by atoms with van der Waals surface area (Å²) in [5.74, 6) is -0.0940. The summed E-state index contributed by atoms with van der Waals surface area (Å²) in [6.07, 6.45) is 0. The van der Waals surface area contributed by atoms with Crippen LogP contribution in [0.15, 0.2) is 29.2 Å². The van der Waals surface area contributed by atoms with Crippen molar-refractivity contribution in [1.29, 1.82) is 0 Å². The fourth-order valence-electron chi connectivity index (χ4n) is 2.04. The van der Waals surface area contributed by atoms with Gasteiger partial charge in [-0.1, -0.05) is 26.0 Å². The third-order valence-electron chi connectivity index (χ3n) is 3.56. The van der Waals surface area contributed by atoms with Crippen molar-refractivity contribution in [2.24, 2.45) is 0 Å². The predicted octanol–water partition coefficient (Wildman–Crippen LogP) is 1.53. The highest BCUT2D eigenvalue weighted by molar-refractivity contribution is 7.89. The second kappa shape index (κ2) is 9.77. The molecule has 0 amide bonds. The first-order valence-electron chi connectivity index (χ1n) is 7.81. The molecule has 0 aliphatic rings. The van der Waals surface area contributed by atoms with Gasteiger partial charge < -0.3 is 9.64 Å². The van der Waals surface area contributed by atoms with Crippen LogP contribution in [0, 0.1) is 0 Å². The number of hydrogen-bond donors (Lipinski definition) is 1. The molecule has 0 saturated carbocycles. The van der Waals surface area contributed by atoms with Crippen molar-refractivity contribution < 1.29 is 17.9 Å². The van der Waals surface area contributed by atoms with E-state index in [0.717, 1.165) is 19.6 Å². The minimum absolute atomic E-state index is 0.0940. The van der Waals surface area contributed by atoms with Gasteiger partial charge in [-0.05, 0) is 32.1 Å². The lowest BCUT2D eigenvalue weighted by Gasteiger charge is -2.17. The molecule has 23 heavy (non-hydrogen) atoms. The summed E-state index contributed by atoms with van der Waals surface area (Å²) in [4.78, 5) is 13.6. The Morgan fingerprint density at radius 3 is 2.26 bits per heavy atom. The van der Waals surface area contributed by atoms with Crippen LogP contribution in [-0.2, 0) is 14.8 Å². The zero-order chi connectivity index (χ0) is 17.3. The quantitative estimate of drug-likeness (QED) is 0.487. The number of carbonyl (C=O) groups is 1. The largest absolute Gasteiger partial charge is 0.379 e. The first-order valence-corrected chi connectivity index (χ1v) is 9.29. The molecule has 130 valence electrons. The minimum atomic E-state index is -3.57. The standard InChI is InChI=1S/C16H26N2O4S/c1-4-18(5-2)11-13-22-12-10-17-23(20,21)16-8-6-15(7-9-16)14(3)19/h6-9,17H,4-5,10-13H2,1-3H3. The molecule has 0 heterocycles. The smallest absolute Gasteiger partial charge is 0.240 e. The van der Waals surface area contributed by atoms with E-state index < -0.39 is 10.0 Å². The Hall–Kier alpha value is -1.28. The number of carbonyl (C=O) groups excluding carboxylic acids is 1. The monoisotopic (exact) mass is 342 g/mol. The van der Waals surface area contributed by atoms with E-state index in [9.17, 15) is 13.2 Å². The molecule has 1 N–H and O–H groups in total. The summed E-state index contributed by atoms with van der Waals surface area (Å²) < 4.78 is 32.1. The Kier molecular flexibility index (Phi) is 8.40. The zero-order valence-electron chi connectivity index (χ0n) is 14.0. The summed E-state index contributed by atoms with van der Waals surface area (Å²) in [5.41, 5.74) is 0.490. The molecule has 0 atom stereocenters. The average Bonchev–Trinajstić information content (AvgIpc) is 2.54. The Bertz CT molecular complexity index is 581. The minimum Gasteiger partial charge on any atom is -0.379 e. The van der Waals surface area contributed by atoms with E-state index >= 15 is 0 Å². The van der Waals surface area contributed by atoms with Gasteiger partial charge in [-0.3, -0.25) is 4.79 Å². The molecule has 0 spiro atoms. The molecule has 1 aromatic carbocycles. The number of ketones is 1. The predicted molar refractivity (Wildman–Crippen MR) is 90.2 cm³/mol. The van der Waals surface area contributed by atoms with E-state index in [0.29, 0.717) is 18.8 Å². The molecular formula is C16H26N2O4S. The Morgan fingerprint density at radius 1 is 1.13 bits per heavy atom. The van der Waals surface area contributed by atoms with E-state index in [1.165, 1.54) is 31.2 Å². The number of nitrogens with zero attached hydrogens (tertiary/aromatic N) is 1. The van der Waals surface area contributed by atoms with Crippen LogP contribution in [0.2, 0.25) is 0 Å². The topological polar surface area (TPSA) is 75.7 Å². The summed E-state index contributed by atoms with van der Waals surface area (Å²) in [6, 6.07) is 5.88. The van der Waals surface area contributed by atoms with E-state index in [4.69, 9.17) is 4.74 Å². The number of hydrogen-bond acceptors (Lipinski definition) is 5. The first-order chi connectivity index (χ1) is 10.9. The Morgan fingerprint density at radius 2 is 1.74 bits per heavy atom. The first kappa shape index (κ1) is 19.8. The van der Waals surface area contributed by atoms with Gasteiger partial charge in [-0.2, -0.15) is 0 Å². The van der Waals surface area contributed by atoms with Crippen molar-refractivity contribution in [3.63, 3.8) is 0 Å². The molecule has 7 heteroatoms. The number of likely N-dealkylation sites (N-methyl/N-ethyl adjacent to an activating group) is 1. The molecule has 1 aromatic rings. The maximum absolute atomic E-state index is 12.1.